The van der Waals surface area contributed by atoms with E-state index < -0.39 is 0 Å². The second kappa shape index (κ2) is 6.20. The third-order valence-electron chi connectivity index (χ3n) is 0.376. The van der Waals surface area contributed by atoms with Crippen LogP contribution in [0.2, 0.25) is 0 Å². The van der Waals surface area contributed by atoms with Crippen molar-refractivity contribution in [2.45, 2.75) is 13.3 Å². The summed E-state index contributed by atoms with van der Waals surface area (Å²) in [7, 11) is 0. The molecule has 0 aliphatic heterocycles. The summed E-state index contributed by atoms with van der Waals surface area (Å²) < 4.78 is 0. The van der Waals surface area contributed by atoms with E-state index in [1.807, 2.05) is 6.92 Å². The molecule has 7 heavy (non-hydrogen) atoms. The number of hydrogen-bond acceptors (Lipinski definition) is 1. The molecule has 0 heterocycles. The van der Waals surface area contributed by atoms with Crippen LogP contribution in [-0.2, 0) is 0 Å². The summed E-state index contributed by atoms with van der Waals surface area (Å²) in [6.07, 6.45) is 0.921. The van der Waals surface area contributed by atoms with Gasteiger partial charge < -0.3 is 0 Å². The molecular formula is C5H7ClS. The zero-order valence-electron chi connectivity index (χ0n) is 4.20. The fraction of sp³-hybridized carbons (Fsp3) is 0.600. The number of hydrogen-bond donors (Lipinski definition) is 0. The van der Waals surface area contributed by atoms with Crippen LogP contribution < -0.4 is 0 Å². The summed E-state index contributed by atoms with van der Waals surface area (Å²) in [5.41, 5.74) is 0. The first-order valence-corrected chi connectivity index (χ1v) is 3.59. The molecule has 0 nitrogen and oxygen atoms in total. The minimum absolute atomic E-state index is 0.576. The minimum atomic E-state index is 0.576. The van der Waals surface area contributed by atoms with E-state index in [0.717, 1.165) is 6.42 Å². The third kappa shape index (κ3) is 6.20. The molecule has 0 spiro atoms. The highest BCUT2D eigenvalue weighted by atomic mass is 35.5. The zero-order valence-corrected chi connectivity index (χ0v) is 5.77. The lowest BCUT2D eigenvalue weighted by molar-refractivity contribution is 1.28. The molecule has 0 radical (unpaired) electrons. The quantitative estimate of drug-likeness (QED) is 0.392. The van der Waals surface area contributed by atoms with Crippen LogP contribution in [0.25, 0.3) is 0 Å². The first-order chi connectivity index (χ1) is 3.41. The summed E-state index contributed by atoms with van der Waals surface area (Å²) in [6.45, 7) is 2.02. The van der Waals surface area contributed by atoms with E-state index in [2.05, 4.69) is 11.2 Å². The van der Waals surface area contributed by atoms with E-state index in [1.165, 1.54) is 11.8 Å². The normalized spacial score (nSPS) is 7.14. The zero-order chi connectivity index (χ0) is 5.54. The molecule has 0 amide bonds. The smallest absolute Gasteiger partial charge is 0.0803 e. The van der Waals surface area contributed by atoms with Gasteiger partial charge in [0.15, 0.2) is 0 Å². The second-order valence-electron chi connectivity index (χ2n) is 0.886. The lowest BCUT2D eigenvalue weighted by Crippen LogP contribution is -1.53. The topological polar surface area (TPSA) is 0 Å². The van der Waals surface area contributed by atoms with Gasteiger partial charge in [0.2, 0.25) is 0 Å². The van der Waals surface area contributed by atoms with Gasteiger partial charge in [-0.05, 0) is 5.25 Å². The molecule has 0 aliphatic carbocycles. The Balaban J connectivity index is 2.91. The van der Waals surface area contributed by atoms with Crippen molar-refractivity contribution in [3.63, 3.8) is 0 Å². The number of halogens is 1. The average Bonchev–Trinajstić information content (AvgIpc) is 1.69. The van der Waals surface area contributed by atoms with Gasteiger partial charge in [-0.3, -0.25) is 0 Å². The van der Waals surface area contributed by atoms with Crippen molar-refractivity contribution in [1.82, 2.24) is 0 Å². The molecule has 2 heteroatoms. The Hall–Kier alpha value is 0.200. The maximum absolute atomic E-state index is 5.30. The molecule has 0 aromatic carbocycles. The molecule has 0 aromatic heterocycles. The molecule has 40 valence electrons. The second-order valence-corrected chi connectivity index (χ2v) is 2.25. The monoisotopic (exact) mass is 134 g/mol. The van der Waals surface area contributed by atoms with E-state index in [1.54, 1.807) is 0 Å². The summed E-state index contributed by atoms with van der Waals surface area (Å²) >= 11 is 6.73. The van der Waals surface area contributed by atoms with E-state index in [9.17, 15) is 0 Å². The van der Waals surface area contributed by atoms with Crippen LogP contribution in [0.15, 0.2) is 0 Å². The Kier molecular flexibility index (Phi) is 6.38. The van der Waals surface area contributed by atoms with Gasteiger partial charge >= 0.3 is 0 Å². The fourth-order valence-electron chi connectivity index (χ4n) is 0.150. The molecular weight excluding hydrogens is 128 g/mol. The first kappa shape index (κ1) is 7.20. The molecule has 0 N–H and O–H groups in total. The third-order valence-corrected chi connectivity index (χ3v) is 1.10. The Morgan fingerprint density at radius 2 is 2.43 bits per heavy atom. The summed E-state index contributed by atoms with van der Waals surface area (Å²) in [6, 6.07) is 0. The van der Waals surface area contributed by atoms with Gasteiger partial charge in [0.25, 0.3) is 0 Å². The highest BCUT2D eigenvalue weighted by Crippen LogP contribution is 1.97. The highest BCUT2D eigenvalue weighted by Gasteiger charge is 1.68. The molecule has 0 rings (SSSR count). The van der Waals surface area contributed by atoms with Gasteiger partial charge in [-0.1, -0.05) is 24.6 Å². The number of rotatable bonds is 1. The van der Waals surface area contributed by atoms with Crippen LogP contribution in [0.5, 0.6) is 0 Å². The van der Waals surface area contributed by atoms with Gasteiger partial charge in [-0.15, -0.1) is 11.6 Å². The summed E-state index contributed by atoms with van der Waals surface area (Å²) in [5, 5.41) is 3.40. The van der Waals surface area contributed by atoms with E-state index in [4.69, 9.17) is 11.6 Å². The Morgan fingerprint density at radius 3 is 2.86 bits per heavy atom. The molecule has 0 aliphatic rings. The molecule has 0 atom stereocenters. The Morgan fingerprint density at radius 1 is 1.71 bits per heavy atom. The van der Waals surface area contributed by atoms with Crippen LogP contribution in [0, 0.1) is 11.2 Å². The van der Waals surface area contributed by atoms with E-state index >= 15 is 0 Å². The molecule has 0 bridgehead atoms. The Labute approximate surface area is 53.6 Å². The molecule has 0 saturated carbocycles. The predicted octanol–water partition coefficient (Wildman–Crippen LogP) is 2.29. The predicted molar refractivity (Wildman–Crippen MR) is 36.4 cm³/mol. The number of thioether (sulfide) groups is 1. The molecule has 0 saturated heterocycles. The SMILES string of the molecule is CCC#CSCCl. The van der Waals surface area contributed by atoms with Crippen molar-refractivity contribution in [2.24, 2.45) is 0 Å². The number of alkyl halides is 1. The van der Waals surface area contributed by atoms with Crippen molar-refractivity contribution in [3.8, 4) is 11.2 Å². The van der Waals surface area contributed by atoms with Crippen molar-refractivity contribution >= 4 is 23.4 Å². The minimum Gasteiger partial charge on any atom is -0.114 e. The van der Waals surface area contributed by atoms with Crippen LogP contribution in [0.3, 0.4) is 0 Å². The van der Waals surface area contributed by atoms with Crippen LogP contribution >= 0.6 is 23.4 Å². The van der Waals surface area contributed by atoms with Gasteiger partial charge in [0.1, 0.15) is 0 Å². The van der Waals surface area contributed by atoms with Crippen molar-refractivity contribution < 1.29 is 0 Å². The van der Waals surface area contributed by atoms with Crippen LogP contribution in [-0.4, -0.2) is 5.21 Å². The standard InChI is InChI=1S/C5H7ClS/c1-2-3-4-7-5-6/h2,5H2,1H3. The largest absolute Gasteiger partial charge is 0.114 e. The maximum Gasteiger partial charge on any atom is 0.0803 e. The van der Waals surface area contributed by atoms with Gasteiger partial charge in [-0.25, -0.2) is 0 Å². The maximum atomic E-state index is 5.30. The van der Waals surface area contributed by atoms with Gasteiger partial charge in [0.05, 0.1) is 5.21 Å². The molecule has 0 fully saturated rings. The first-order valence-electron chi connectivity index (χ1n) is 2.07. The summed E-state index contributed by atoms with van der Waals surface area (Å²) in [5.74, 6) is 2.88. The molecule has 0 aromatic rings. The van der Waals surface area contributed by atoms with E-state index in [0.29, 0.717) is 5.21 Å². The highest BCUT2D eigenvalue weighted by molar-refractivity contribution is 8.04. The fourth-order valence-corrected chi connectivity index (χ4v) is 0.615. The van der Waals surface area contributed by atoms with Gasteiger partial charge in [-0.2, -0.15) is 0 Å². The lowest BCUT2D eigenvalue weighted by Gasteiger charge is -1.72. The van der Waals surface area contributed by atoms with Crippen molar-refractivity contribution in [2.75, 3.05) is 5.21 Å². The van der Waals surface area contributed by atoms with Crippen molar-refractivity contribution in [3.05, 3.63) is 0 Å². The summed E-state index contributed by atoms with van der Waals surface area (Å²) in [4.78, 5) is 0. The Bertz CT molecular complexity index is 79.8. The van der Waals surface area contributed by atoms with Gasteiger partial charge in [0, 0.05) is 6.42 Å². The van der Waals surface area contributed by atoms with Crippen LogP contribution in [0.1, 0.15) is 13.3 Å². The van der Waals surface area contributed by atoms with E-state index in [-0.39, 0.29) is 0 Å². The average molecular weight is 135 g/mol. The van der Waals surface area contributed by atoms with Crippen molar-refractivity contribution in [1.29, 1.82) is 0 Å². The molecule has 0 unspecified atom stereocenters. The van der Waals surface area contributed by atoms with Crippen LogP contribution in [0.4, 0.5) is 0 Å². The lowest BCUT2D eigenvalue weighted by atomic mass is 10.5.